The van der Waals surface area contributed by atoms with Gasteiger partial charge in [0.15, 0.2) is 0 Å². The van der Waals surface area contributed by atoms with Gasteiger partial charge in [-0.05, 0) is 49.2 Å². The third kappa shape index (κ3) is 9.29. The first-order valence-electron chi connectivity index (χ1n) is 10.9. The van der Waals surface area contributed by atoms with Crippen LogP contribution in [0.4, 0.5) is 17.1 Å². The molecule has 0 aliphatic carbocycles. The summed E-state index contributed by atoms with van der Waals surface area (Å²) in [5.41, 5.74) is 14.4. The molecule has 3 rings (SSSR count). The lowest BCUT2D eigenvalue weighted by atomic mass is 10.1. The van der Waals surface area contributed by atoms with Crippen LogP contribution in [0.2, 0.25) is 0 Å². The molecule has 1 unspecified atom stereocenters. The number of ether oxygens (including phenoxy) is 1. The van der Waals surface area contributed by atoms with E-state index in [-0.39, 0.29) is 11.9 Å². The first-order chi connectivity index (χ1) is 14.6. The fraction of sp³-hybridized carbons (Fsp3) is 0.458. The fourth-order valence-electron chi connectivity index (χ4n) is 3.18. The Hall–Kier alpha value is -2.57. The number of hydrogen-bond acceptors (Lipinski definition) is 5. The maximum atomic E-state index is 11.6. The lowest BCUT2D eigenvalue weighted by Gasteiger charge is -2.28. The van der Waals surface area contributed by atoms with Gasteiger partial charge < -0.3 is 26.4 Å². The van der Waals surface area contributed by atoms with E-state index < -0.39 is 0 Å². The van der Waals surface area contributed by atoms with Gasteiger partial charge in [0.05, 0.1) is 13.2 Å². The number of carbonyl (C=O) groups excluding carboxylic acids is 1. The summed E-state index contributed by atoms with van der Waals surface area (Å²) in [7, 11) is 0. The van der Waals surface area contributed by atoms with Crippen molar-refractivity contribution in [1.82, 2.24) is 0 Å². The van der Waals surface area contributed by atoms with Crippen LogP contribution in [0.15, 0.2) is 54.6 Å². The molecule has 2 aromatic rings. The van der Waals surface area contributed by atoms with E-state index in [2.05, 4.69) is 29.3 Å². The van der Waals surface area contributed by atoms with E-state index in [9.17, 15) is 4.79 Å². The molecule has 6 nitrogen and oxygen atoms in total. The minimum atomic E-state index is 0.0446. The second kappa shape index (κ2) is 13.6. The van der Waals surface area contributed by atoms with Gasteiger partial charge in [0, 0.05) is 42.6 Å². The molecule has 6 heteroatoms. The van der Waals surface area contributed by atoms with Gasteiger partial charge in [0.1, 0.15) is 0 Å². The highest BCUT2D eigenvalue weighted by Gasteiger charge is 2.10. The molecule has 0 bridgehead atoms. The van der Waals surface area contributed by atoms with E-state index in [4.69, 9.17) is 16.2 Å². The largest absolute Gasteiger partial charge is 0.399 e. The first kappa shape index (κ1) is 23.7. The van der Waals surface area contributed by atoms with Gasteiger partial charge >= 0.3 is 0 Å². The molecule has 1 fully saturated rings. The summed E-state index contributed by atoms with van der Waals surface area (Å²) in [6, 6.07) is 17.6. The molecule has 30 heavy (non-hydrogen) atoms. The highest BCUT2D eigenvalue weighted by Crippen LogP contribution is 2.17. The van der Waals surface area contributed by atoms with Gasteiger partial charge in [0.25, 0.3) is 0 Å². The number of benzene rings is 2. The molecule has 1 amide bonds. The fourth-order valence-corrected chi connectivity index (χ4v) is 3.18. The smallest absolute Gasteiger partial charge is 0.224 e. The van der Waals surface area contributed by atoms with Crippen molar-refractivity contribution >= 4 is 23.0 Å². The Morgan fingerprint density at radius 3 is 2.37 bits per heavy atom. The lowest BCUT2D eigenvalue weighted by Crippen LogP contribution is -2.36. The number of amides is 1. The van der Waals surface area contributed by atoms with E-state index in [0.29, 0.717) is 6.42 Å². The molecule has 1 aliphatic heterocycles. The van der Waals surface area contributed by atoms with Crippen molar-refractivity contribution in [3.8, 4) is 0 Å². The predicted molar refractivity (Wildman–Crippen MR) is 126 cm³/mol. The zero-order chi connectivity index (χ0) is 21.6. The van der Waals surface area contributed by atoms with Gasteiger partial charge in [-0.15, -0.1) is 0 Å². The summed E-state index contributed by atoms with van der Waals surface area (Å²) in [5.74, 6) is 0.0446. The van der Waals surface area contributed by atoms with Crippen LogP contribution < -0.4 is 21.7 Å². The first-order valence-corrected chi connectivity index (χ1v) is 10.9. The SMILES string of the molecule is CCCCC(N)CCC(=O)Nc1ccccc1.Nc1ccc(N2CCOCC2)cc1. The number of hydrogen-bond donors (Lipinski definition) is 3. The van der Waals surface area contributed by atoms with Gasteiger partial charge in [-0.2, -0.15) is 0 Å². The van der Waals surface area contributed by atoms with Crippen LogP contribution in [-0.2, 0) is 9.53 Å². The number of morpholine rings is 1. The molecular weight excluding hydrogens is 376 g/mol. The Balaban J connectivity index is 0.000000220. The molecule has 1 atom stereocenters. The standard InChI is InChI=1S/C14H22N2O.C10H14N2O/c1-2-3-7-12(15)10-11-14(17)16-13-8-5-4-6-9-13;11-9-1-3-10(4-2-9)12-5-7-13-8-6-12/h4-6,8-9,12H,2-3,7,10-11,15H2,1H3,(H,16,17);1-4H,5-8,11H2. The molecule has 0 aromatic heterocycles. The van der Waals surface area contributed by atoms with Crippen molar-refractivity contribution in [1.29, 1.82) is 0 Å². The van der Waals surface area contributed by atoms with Crippen LogP contribution >= 0.6 is 0 Å². The highest BCUT2D eigenvalue weighted by molar-refractivity contribution is 5.90. The Morgan fingerprint density at radius 2 is 1.73 bits per heavy atom. The zero-order valence-electron chi connectivity index (χ0n) is 18.1. The number of nitrogens with one attached hydrogen (secondary N) is 1. The summed E-state index contributed by atoms with van der Waals surface area (Å²) < 4.78 is 5.28. The maximum Gasteiger partial charge on any atom is 0.224 e. The van der Waals surface area contributed by atoms with Crippen molar-refractivity contribution in [2.24, 2.45) is 5.73 Å². The summed E-state index contributed by atoms with van der Waals surface area (Å²) in [6.07, 6.45) is 4.57. The van der Waals surface area contributed by atoms with E-state index in [0.717, 1.165) is 63.4 Å². The molecule has 0 saturated carbocycles. The summed E-state index contributed by atoms with van der Waals surface area (Å²) in [4.78, 5) is 13.9. The molecule has 2 aromatic carbocycles. The third-order valence-electron chi connectivity index (χ3n) is 5.00. The third-order valence-corrected chi connectivity index (χ3v) is 5.00. The number of rotatable bonds is 8. The maximum absolute atomic E-state index is 11.6. The number of carbonyl (C=O) groups is 1. The van der Waals surface area contributed by atoms with Crippen molar-refractivity contribution in [3.63, 3.8) is 0 Å². The van der Waals surface area contributed by atoms with E-state index in [1.54, 1.807) is 0 Å². The normalized spacial score (nSPS) is 14.4. The second-order valence-electron chi connectivity index (χ2n) is 7.55. The molecule has 0 radical (unpaired) electrons. The molecule has 1 saturated heterocycles. The highest BCUT2D eigenvalue weighted by atomic mass is 16.5. The molecule has 0 spiro atoms. The Morgan fingerprint density at radius 1 is 1.07 bits per heavy atom. The molecular formula is C24H36N4O2. The lowest BCUT2D eigenvalue weighted by molar-refractivity contribution is -0.116. The van der Waals surface area contributed by atoms with Gasteiger partial charge in [-0.1, -0.05) is 38.0 Å². The molecule has 5 N–H and O–H groups in total. The van der Waals surface area contributed by atoms with Gasteiger partial charge in [-0.3, -0.25) is 4.79 Å². The minimum Gasteiger partial charge on any atom is -0.399 e. The Labute approximate surface area is 180 Å². The molecule has 1 heterocycles. The van der Waals surface area contributed by atoms with E-state index >= 15 is 0 Å². The van der Waals surface area contributed by atoms with Gasteiger partial charge in [-0.25, -0.2) is 0 Å². The average Bonchev–Trinajstić information content (AvgIpc) is 2.78. The Kier molecular flexibility index (Phi) is 10.8. The molecule has 1 aliphatic rings. The van der Waals surface area contributed by atoms with Crippen molar-refractivity contribution in [3.05, 3.63) is 54.6 Å². The number of nitrogens with two attached hydrogens (primary N) is 2. The predicted octanol–water partition coefficient (Wildman–Crippen LogP) is 4.03. The topological polar surface area (TPSA) is 93.6 Å². The van der Waals surface area contributed by atoms with Crippen molar-refractivity contribution in [2.45, 2.75) is 45.1 Å². The number of anilines is 3. The van der Waals surface area contributed by atoms with Gasteiger partial charge in [0.2, 0.25) is 5.91 Å². The summed E-state index contributed by atoms with van der Waals surface area (Å²) in [5, 5.41) is 2.86. The molecule has 164 valence electrons. The van der Waals surface area contributed by atoms with Crippen LogP contribution in [0.25, 0.3) is 0 Å². The summed E-state index contributed by atoms with van der Waals surface area (Å²) >= 11 is 0. The number of nitrogens with zero attached hydrogens (tertiary/aromatic N) is 1. The Bertz CT molecular complexity index is 716. The van der Waals surface area contributed by atoms with Crippen LogP contribution in [0.1, 0.15) is 39.0 Å². The zero-order valence-corrected chi connectivity index (χ0v) is 18.1. The monoisotopic (exact) mass is 412 g/mol. The second-order valence-corrected chi connectivity index (χ2v) is 7.55. The number of nitrogen functional groups attached to an aromatic ring is 1. The van der Waals surface area contributed by atoms with Crippen molar-refractivity contribution < 1.29 is 9.53 Å². The quantitative estimate of drug-likeness (QED) is 0.569. The van der Waals surface area contributed by atoms with E-state index in [1.807, 2.05) is 42.5 Å². The summed E-state index contributed by atoms with van der Waals surface area (Å²) in [6.45, 7) is 5.75. The van der Waals surface area contributed by atoms with Crippen molar-refractivity contribution in [2.75, 3.05) is 42.3 Å². The van der Waals surface area contributed by atoms with E-state index in [1.165, 1.54) is 5.69 Å². The van der Waals surface area contributed by atoms with Crippen LogP contribution in [0.3, 0.4) is 0 Å². The van der Waals surface area contributed by atoms with Crippen LogP contribution in [0, 0.1) is 0 Å². The van der Waals surface area contributed by atoms with Crippen LogP contribution in [0.5, 0.6) is 0 Å². The van der Waals surface area contributed by atoms with Crippen LogP contribution in [-0.4, -0.2) is 38.3 Å². The average molecular weight is 413 g/mol. The number of unbranched alkanes of at least 4 members (excludes halogenated alkanes) is 1. The number of para-hydroxylation sites is 1. The minimum absolute atomic E-state index is 0.0446.